The molecule has 1 aliphatic rings. The fourth-order valence-corrected chi connectivity index (χ4v) is 4.44. The Hall–Kier alpha value is -3.53. The van der Waals surface area contributed by atoms with Crippen LogP contribution >= 0.6 is 0 Å². The van der Waals surface area contributed by atoms with Crippen LogP contribution in [0.5, 0.6) is 0 Å². The number of nitrogens with zero attached hydrogens (tertiary/aromatic N) is 1. The molecule has 0 spiro atoms. The molecule has 0 fully saturated rings. The molecule has 30 heavy (non-hydrogen) atoms. The highest BCUT2D eigenvalue weighted by Gasteiger charge is 2.39. The number of aryl methyl sites for hydroxylation is 1. The number of H-pyrrole nitrogens is 1. The van der Waals surface area contributed by atoms with E-state index in [2.05, 4.69) is 61.3 Å². The highest BCUT2D eigenvalue weighted by atomic mass is 16.3. The maximum absolute atomic E-state index is 13.2. The molecule has 1 aliphatic heterocycles. The molecule has 150 valence electrons. The van der Waals surface area contributed by atoms with Gasteiger partial charge in [-0.05, 0) is 50.1 Å². The third kappa shape index (κ3) is 2.88. The number of carbonyl (C=O) groups is 1. The van der Waals surface area contributed by atoms with Crippen molar-refractivity contribution in [3.05, 3.63) is 95.0 Å². The molecule has 0 bridgehead atoms. The summed E-state index contributed by atoms with van der Waals surface area (Å²) in [4.78, 5) is 18.7. The van der Waals surface area contributed by atoms with Crippen molar-refractivity contribution in [1.29, 1.82) is 0 Å². The van der Waals surface area contributed by atoms with E-state index in [-0.39, 0.29) is 11.9 Å². The predicted octanol–water partition coefficient (Wildman–Crippen LogP) is 6.16. The van der Waals surface area contributed by atoms with Gasteiger partial charge in [0.25, 0.3) is 5.91 Å². The van der Waals surface area contributed by atoms with E-state index in [0.29, 0.717) is 6.54 Å². The smallest absolute Gasteiger partial charge is 0.250 e. The Morgan fingerprint density at radius 2 is 1.73 bits per heavy atom. The summed E-state index contributed by atoms with van der Waals surface area (Å²) in [6.07, 6.45) is 1.65. The average molecular weight is 396 g/mol. The number of hydrogen-bond acceptors (Lipinski definition) is 2. The van der Waals surface area contributed by atoms with E-state index in [1.807, 2.05) is 30.0 Å². The monoisotopic (exact) mass is 396 g/mol. The Labute approximate surface area is 175 Å². The van der Waals surface area contributed by atoms with Crippen LogP contribution in [0.1, 0.15) is 36.8 Å². The number of hydrogen-bond donors (Lipinski definition) is 1. The van der Waals surface area contributed by atoms with Gasteiger partial charge in [-0.2, -0.15) is 0 Å². The topological polar surface area (TPSA) is 49.2 Å². The van der Waals surface area contributed by atoms with Crippen LogP contribution in [0.3, 0.4) is 0 Å². The van der Waals surface area contributed by atoms with Gasteiger partial charge >= 0.3 is 0 Å². The molecule has 1 amide bonds. The van der Waals surface area contributed by atoms with Crippen molar-refractivity contribution < 1.29 is 9.21 Å². The van der Waals surface area contributed by atoms with E-state index in [9.17, 15) is 4.79 Å². The predicted molar refractivity (Wildman–Crippen MR) is 119 cm³/mol. The van der Waals surface area contributed by atoms with Crippen molar-refractivity contribution in [2.24, 2.45) is 0 Å². The maximum Gasteiger partial charge on any atom is 0.250 e. The number of benzene rings is 2. The van der Waals surface area contributed by atoms with Crippen LogP contribution in [0.2, 0.25) is 0 Å². The lowest BCUT2D eigenvalue weighted by molar-refractivity contribution is -0.127. The zero-order valence-electron chi connectivity index (χ0n) is 17.4. The van der Waals surface area contributed by atoms with Gasteiger partial charge in [-0.3, -0.25) is 4.79 Å². The second kappa shape index (κ2) is 7.06. The molecule has 1 N–H and O–H groups in total. The van der Waals surface area contributed by atoms with Crippen molar-refractivity contribution in [2.75, 3.05) is 0 Å². The minimum absolute atomic E-state index is 0.0639. The summed E-state index contributed by atoms with van der Waals surface area (Å²) < 4.78 is 5.58. The number of rotatable bonds is 4. The zero-order valence-corrected chi connectivity index (χ0v) is 17.4. The number of aromatic nitrogens is 1. The molecule has 1 unspecified atom stereocenters. The minimum Gasteiger partial charge on any atom is -0.467 e. The Bertz CT molecular complexity index is 1260. The quantitative estimate of drug-likeness (QED) is 0.449. The largest absolute Gasteiger partial charge is 0.467 e. The molecular formula is C26H24N2O2. The van der Waals surface area contributed by atoms with Crippen molar-refractivity contribution >= 4 is 16.8 Å². The standard InChI is InChI=1S/C26H24N2O2/c1-16-10-12-19(13-11-16)24-23(21-8-4-5-9-22(21)27-24)25-17(2)18(3)26(29)28(25)15-20-7-6-14-30-20/h4-14,25,27H,15H2,1-3H3. The summed E-state index contributed by atoms with van der Waals surface area (Å²) >= 11 is 0. The van der Waals surface area contributed by atoms with Crippen LogP contribution in [-0.4, -0.2) is 15.8 Å². The first-order valence-electron chi connectivity index (χ1n) is 10.2. The van der Waals surface area contributed by atoms with Crippen LogP contribution in [0.25, 0.3) is 22.2 Å². The average Bonchev–Trinajstić information content (AvgIpc) is 3.45. The van der Waals surface area contributed by atoms with Gasteiger partial charge in [0, 0.05) is 22.0 Å². The van der Waals surface area contributed by atoms with E-state index in [0.717, 1.165) is 44.6 Å². The van der Waals surface area contributed by atoms with Gasteiger partial charge in [0.2, 0.25) is 0 Å². The molecule has 3 heterocycles. The Balaban J connectivity index is 1.72. The summed E-state index contributed by atoms with van der Waals surface area (Å²) in [6.45, 7) is 6.53. The van der Waals surface area contributed by atoms with Gasteiger partial charge in [0.1, 0.15) is 5.76 Å². The zero-order chi connectivity index (χ0) is 20.8. The van der Waals surface area contributed by atoms with E-state index in [4.69, 9.17) is 4.42 Å². The van der Waals surface area contributed by atoms with Crippen molar-refractivity contribution in [3.8, 4) is 11.3 Å². The summed E-state index contributed by atoms with van der Waals surface area (Å²) in [5, 5.41) is 1.14. The Morgan fingerprint density at radius 1 is 0.967 bits per heavy atom. The van der Waals surface area contributed by atoms with Crippen LogP contribution in [-0.2, 0) is 11.3 Å². The number of para-hydroxylation sites is 1. The number of nitrogens with one attached hydrogen (secondary N) is 1. The molecule has 0 aliphatic carbocycles. The first-order valence-corrected chi connectivity index (χ1v) is 10.2. The van der Waals surface area contributed by atoms with Gasteiger partial charge in [-0.15, -0.1) is 0 Å². The van der Waals surface area contributed by atoms with Gasteiger partial charge in [-0.25, -0.2) is 0 Å². The second-order valence-corrected chi connectivity index (χ2v) is 8.05. The highest BCUT2D eigenvalue weighted by molar-refractivity contribution is 6.00. The third-order valence-electron chi connectivity index (χ3n) is 6.16. The molecule has 2 aromatic carbocycles. The van der Waals surface area contributed by atoms with Crippen LogP contribution < -0.4 is 0 Å². The number of aromatic amines is 1. The lowest BCUT2D eigenvalue weighted by atomic mass is 9.93. The number of carbonyl (C=O) groups excluding carboxylic acids is 1. The minimum atomic E-state index is -0.143. The van der Waals surface area contributed by atoms with Crippen molar-refractivity contribution in [3.63, 3.8) is 0 Å². The fourth-order valence-electron chi connectivity index (χ4n) is 4.44. The maximum atomic E-state index is 13.2. The molecule has 4 heteroatoms. The molecule has 4 nitrogen and oxygen atoms in total. The summed E-state index contributed by atoms with van der Waals surface area (Å²) in [7, 11) is 0. The van der Waals surface area contributed by atoms with Gasteiger partial charge in [-0.1, -0.05) is 48.0 Å². The van der Waals surface area contributed by atoms with Gasteiger partial charge in [0.15, 0.2) is 0 Å². The lowest BCUT2D eigenvalue weighted by Crippen LogP contribution is -2.29. The molecule has 0 radical (unpaired) electrons. The summed E-state index contributed by atoms with van der Waals surface area (Å²) in [6, 6.07) is 20.5. The first kappa shape index (κ1) is 18.5. The van der Waals surface area contributed by atoms with Crippen molar-refractivity contribution in [1.82, 2.24) is 9.88 Å². The molecule has 0 saturated heterocycles. The van der Waals surface area contributed by atoms with Gasteiger partial charge in [0.05, 0.1) is 24.5 Å². The third-order valence-corrected chi connectivity index (χ3v) is 6.16. The SMILES string of the molecule is CC1=C(C)C(c2c(-c3ccc(C)cc3)[nH]c3ccccc23)N(Cc2ccco2)C1=O. The van der Waals surface area contributed by atoms with Crippen LogP contribution in [0, 0.1) is 6.92 Å². The lowest BCUT2D eigenvalue weighted by Gasteiger charge is -2.27. The molecule has 2 aromatic heterocycles. The highest BCUT2D eigenvalue weighted by Crippen LogP contribution is 2.45. The molecular weight excluding hydrogens is 372 g/mol. The molecule has 5 rings (SSSR count). The first-order chi connectivity index (χ1) is 14.5. The number of fused-ring (bicyclic) bond motifs is 1. The Morgan fingerprint density at radius 3 is 2.47 bits per heavy atom. The number of furan rings is 1. The normalized spacial score (nSPS) is 16.8. The van der Waals surface area contributed by atoms with E-state index in [1.165, 1.54) is 5.56 Å². The summed E-state index contributed by atoms with van der Waals surface area (Å²) in [5.74, 6) is 0.849. The van der Waals surface area contributed by atoms with Crippen LogP contribution in [0.4, 0.5) is 0 Å². The van der Waals surface area contributed by atoms with E-state index in [1.54, 1.807) is 6.26 Å². The molecule has 0 saturated carbocycles. The van der Waals surface area contributed by atoms with E-state index < -0.39 is 0 Å². The number of amides is 1. The Kier molecular flexibility index (Phi) is 4.35. The van der Waals surface area contributed by atoms with Gasteiger partial charge < -0.3 is 14.3 Å². The molecule has 4 aromatic rings. The molecule has 1 atom stereocenters. The van der Waals surface area contributed by atoms with Crippen LogP contribution in [0.15, 0.2) is 82.5 Å². The van der Waals surface area contributed by atoms with E-state index >= 15 is 0 Å². The second-order valence-electron chi connectivity index (χ2n) is 8.05. The summed E-state index contributed by atoms with van der Waals surface area (Å²) in [5.41, 5.74) is 7.52. The fraction of sp³-hybridized carbons (Fsp3) is 0.192. The van der Waals surface area contributed by atoms with Crippen molar-refractivity contribution in [2.45, 2.75) is 33.4 Å².